The zero-order valence-electron chi connectivity index (χ0n) is 27.0. The Morgan fingerprint density at radius 3 is 1.86 bits per heavy atom. The van der Waals surface area contributed by atoms with Crippen molar-refractivity contribution in [3.05, 3.63) is 174 Å². The summed E-state index contributed by atoms with van der Waals surface area (Å²) in [5.74, 6) is 0. The van der Waals surface area contributed by atoms with Crippen LogP contribution in [0.5, 0.6) is 0 Å². The largest absolute Gasteiger partial charge is 0.456 e. The molecule has 1 heterocycles. The molecule has 0 saturated carbocycles. The molecule has 1 aliphatic carbocycles. The van der Waals surface area contributed by atoms with Gasteiger partial charge >= 0.3 is 0 Å². The van der Waals surface area contributed by atoms with Gasteiger partial charge in [0.15, 0.2) is 0 Å². The van der Waals surface area contributed by atoms with Gasteiger partial charge in [-0.15, -0.1) is 0 Å². The Bertz CT molecular complexity index is 2770. The number of hydrogen-bond acceptors (Lipinski definition) is 4. The summed E-state index contributed by atoms with van der Waals surface area (Å²) >= 11 is 0. The van der Waals surface area contributed by atoms with Crippen molar-refractivity contribution in [3.63, 3.8) is 0 Å². The molecule has 0 N–H and O–H groups in total. The lowest BCUT2D eigenvalue weighted by atomic mass is 9.93. The molecule has 1 aromatic heterocycles. The molecule has 0 saturated heterocycles. The van der Waals surface area contributed by atoms with Crippen molar-refractivity contribution in [1.29, 1.82) is 10.5 Å². The molecule has 1 aliphatic rings. The third-order valence-corrected chi connectivity index (χ3v) is 9.80. The predicted octanol–water partition coefficient (Wildman–Crippen LogP) is 11.9. The minimum Gasteiger partial charge on any atom is -0.456 e. The van der Waals surface area contributed by atoms with Gasteiger partial charge in [-0.25, -0.2) is 0 Å². The zero-order chi connectivity index (χ0) is 33.6. The highest BCUT2D eigenvalue weighted by Crippen LogP contribution is 2.38. The second kappa shape index (κ2) is 12.0. The molecule has 0 amide bonds. The molecule has 7 aromatic carbocycles. The van der Waals surface area contributed by atoms with Gasteiger partial charge in [0.25, 0.3) is 0 Å². The quantitative estimate of drug-likeness (QED) is 0.188. The molecule has 0 spiro atoms. The number of allylic oxidation sites excluding steroid dienone is 2. The second-order valence-electron chi connectivity index (χ2n) is 12.8. The van der Waals surface area contributed by atoms with Gasteiger partial charge in [-0.2, -0.15) is 10.5 Å². The SMILES string of the molecule is N#Cc1ccc2ccc(C3=CCC(N(c4ccc(-c5ccc6ccc(C#N)cc6c5)cc4)c4ccc5oc6ccccc6c5c4)C=C3)cc2c1. The molecule has 50 heavy (non-hydrogen) atoms. The van der Waals surface area contributed by atoms with Crippen molar-refractivity contribution in [3.8, 4) is 23.3 Å². The summed E-state index contributed by atoms with van der Waals surface area (Å²) in [7, 11) is 0. The summed E-state index contributed by atoms with van der Waals surface area (Å²) < 4.78 is 6.18. The van der Waals surface area contributed by atoms with Gasteiger partial charge in [0.2, 0.25) is 0 Å². The van der Waals surface area contributed by atoms with Crippen LogP contribution in [-0.4, -0.2) is 6.04 Å². The molecule has 4 heteroatoms. The first-order valence-electron chi connectivity index (χ1n) is 16.7. The lowest BCUT2D eigenvalue weighted by Gasteiger charge is -2.33. The number of hydrogen-bond donors (Lipinski definition) is 0. The molecule has 1 unspecified atom stereocenters. The van der Waals surface area contributed by atoms with Crippen molar-refractivity contribution in [2.45, 2.75) is 12.5 Å². The van der Waals surface area contributed by atoms with E-state index in [0.717, 1.165) is 78.0 Å². The Balaban J connectivity index is 1.09. The molecule has 4 nitrogen and oxygen atoms in total. The van der Waals surface area contributed by atoms with Gasteiger partial charge in [-0.05, 0) is 123 Å². The maximum atomic E-state index is 9.42. The summed E-state index contributed by atoms with van der Waals surface area (Å²) in [4.78, 5) is 2.41. The number of para-hydroxylation sites is 1. The predicted molar refractivity (Wildman–Crippen MR) is 204 cm³/mol. The van der Waals surface area contributed by atoms with Gasteiger partial charge in [-0.3, -0.25) is 0 Å². The normalized spacial score (nSPS) is 14.1. The number of anilines is 2. The summed E-state index contributed by atoms with van der Waals surface area (Å²) in [5.41, 5.74) is 9.81. The summed E-state index contributed by atoms with van der Waals surface area (Å²) in [5, 5.41) is 25.4. The van der Waals surface area contributed by atoms with Crippen molar-refractivity contribution < 1.29 is 4.42 Å². The van der Waals surface area contributed by atoms with Crippen molar-refractivity contribution in [2.24, 2.45) is 0 Å². The maximum Gasteiger partial charge on any atom is 0.135 e. The van der Waals surface area contributed by atoms with E-state index in [1.54, 1.807) is 0 Å². The van der Waals surface area contributed by atoms with Crippen LogP contribution in [0, 0.1) is 22.7 Å². The van der Waals surface area contributed by atoms with E-state index in [1.165, 1.54) is 5.57 Å². The van der Waals surface area contributed by atoms with Crippen molar-refractivity contribution >= 4 is 60.4 Å². The molecule has 0 fully saturated rings. The first kappa shape index (κ1) is 29.3. The lowest BCUT2D eigenvalue weighted by Crippen LogP contribution is -2.30. The number of benzene rings is 7. The summed E-state index contributed by atoms with van der Waals surface area (Å²) in [6.07, 6.45) is 7.66. The van der Waals surface area contributed by atoms with Crippen LogP contribution in [0.25, 0.3) is 60.2 Å². The van der Waals surface area contributed by atoms with E-state index in [-0.39, 0.29) is 6.04 Å². The van der Waals surface area contributed by atoms with Gasteiger partial charge in [0, 0.05) is 22.1 Å². The van der Waals surface area contributed by atoms with E-state index in [0.29, 0.717) is 11.1 Å². The smallest absolute Gasteiger partial charge is 0.135 e. The molecular formula is C46H29N3O. The highest BCUT2D eigenvalue weighted by atomic mass is 16.3. The Morgan fingerprint density at radius 2 is 1.16 bits per heavy atom. The van der Waals surface area contributed by atoms with E-state index in [4.69, 9.17) is 4.42 Å². The van der Waals surface area contributed by atoms with E-state index in [9.17, 15) is 10.5 Å². The average molecular weight is 640 g/mol. The van der Waals surface area contributed by atoms with Crippen LogP contribution in [0.15, 0.2) is 162 Å². The number of nitrogens with zero attached hydrogens (tertiary/aromatic N) is 3. The van der Waals surface area contributed by atoms with Crippen LogP contribution < -0.4 is 4.90 Å². The average Bonchev–Trinajstić information content (AvgIpc) is 3.56. The highest BCUT2D eigenvalue weighted by molar-refractivity contribution is 6.06. The minimum atomic E-state index is 0.0796. The lowest BCUT2D eigenvalue weighted by molar-refractivity contribution is 0.669. The summed E-state index contributed by atoms with van der Waals surface area (Å²) in [6, 6.07) is 52.5. The molecule has 1 atom stereocenters. The van der Waals surface area contributed by atoms with Gasteiger partial charge in [-0.1, -0.05) is 85.0 Å². The number of rotatable bonds is 5. The van der Waals surface area contributed by atoms with E-state index < -0.39 is 0 Å². The maximum absolute atomic E-state index is 9.42. The van der Waals surface area contributed by atoms with Crippen LogP contribution >= 0.6 is 0 Å². The van der Waals surface area contributed by atoms with E-state index >= 15 is 0 Å². The van der Waals surface area contributed by atoms with Crippen LogP contribution in [-0.2, 0) is 0 Å². The number of nitriles is 2. The Kier molecular flexibility index (Phi) is 7.01. The van der Waals surface area contributed by atoms with Gasteiger partial charge in [0.05, 0.1) is 29.3 Å². The first-order chi connectivity index (χ1) is 24.6. The fourth-order valence-corrected chi connectivity index (χ4v) is 7.22. The molecule has 9 rings (SSSR count). The van der Waals surface area contributed by atoms with E-state index in [1.807, 2.05) is 48.5 Å². The fraction of sp³-hybridized carbons (Fsp3) is 0.0435. The van der Waals surface area contributed by atoms with Crippen LogP contribution in [0.3, 0.4) is 0 Å². The zero-order valence-corrected chi connectivity index (χ0v) is 27.0. The Hall–Kier alpha value is -6.88. The van der Waals surface area contributed by atoms with Crippen molar-refractivity contribution in [1.82, 2.24) is 0 Å². The van der Waals surface area contributed by atoms with Gasteiger partial charge < -0.3 is 9.32 Å². The highest BCUT2D eigenvalue weighted by Gasteiger charge is 2.22. The fourth-order valence-electron chi connectivity index (χ4n) is 7.22. The van der Waals surface area contributed by atoms with Gasteiger partial charge in [0.1, 0.15) is 11.2 Å². The molecule has 0 radical (unpaired) electrons. The Morgan fingerprint density at radius 1 is 0.540 bits per heavy atom. The van der Waals surface area contributed by atoms with E-state index in [2.05, 4.69) is 126 Å². The number of fused-ring (bicyclic) bond motifs is 5. The molecular weight excluding hydrogens is 611 g/mol. The minimum absolute atomic E-state index is 0.0796. The third-order valence-electron chi connectivity index (χ3n) is 9.80. The first-order valence-corrected chi connectivity index (χ1v) is 16.7. The monoisotopic (exact) mass is 639 g/mol. The van der Waals surface area contributed by atoms with Crippen LogP contribution in [0.4, 0.5) is 11.4 Å². The summed E-state index contributed by atoms with van der Waals surface area (Å²) in [6.45, 7) is 0. The molecule has 8 aromatic rings. The van der Waals surface area contributed by atoms with Crippen LogP contribution in [0.2, 0.25) is 0 Å². The molecule has 234 valence electrons. The molecule has 0 bridgehead atoms. The standard InChI is InChI=1S/C46H29N3O/c47-28-30-5-7-34-9-11-36(25-38(34)23-30)32-13-17-40(18-14-32)49(42-21-22-46-44(27-42)43-3-1-2-4-45(43)50-46)41-19-15-33(16-20-41)37-12-10-35-8-6-31(29-48)24-39(35)26-37/h1-19,21-27,41H,20H2. The molecule has 0 aliphatic heterocycles. The number of furan rings is 1. The topological polar surface area (TPSA) is 64.0 Å². The second-order valence-corrected chi connectivity index (χ2v) is 12.8. The van der Waals surface area contributed by atoms with Crippen LogP contribution in [0.1, 0.15) is 23.1 Å². The Labute approximate surface area is 289 Å². The third kappa shape index (κ3) is 5.17. The van der Waals surface area contributed by atoms with Crippen molar-refractivity contribution in [2.75, 3.05) is 4.90 Å².